The Bertz CT molecular complexity index is 533. The molecule has 1 heterocycles. The maximum atomic E-state index is 6.13. The second kappa shape index (κ2) is 4.57. The number of nitrogen functional groups attached to an aromatic ring is 1. The van der Waals surface area contributed by atoms with Crippen LogP contribution in [0.2, 0.25) is 5.02 Å². The molecule has 2 atom stereocenters. The third-order valence-corrected chi connectivity index (χ3v) is 3.88. The molecule has 1 aromatic heterocycles. The van der Waals surface area contributed by atoms with E-state index < -0.39 is 0 Å². The molecule has 0 spiro atoms. The lowest BCUT2D eigenvalue weighted by molar-refractivity contribution is 0.381. The molecule has 0 aliphatic heterocycles. The summed E-state index contributed by atoms with van der Waals surface area (Å²) in [4.78, 5) is 4.36. The van der Waals surface area contributed by atoms with Crippen LogP contribution in [0.5, 0.6) is 0 Å². The van der Waals surface area contributed by atoms with Crippen molar-refractivity contribution in [3.63, 3.8) is 0 Å². The minimum absolute atomic E-state index is 0.323. The van der Waals surface area contributed by atoms with E-state index >= 15 is 0 Å². The molecular weight excluding hydrogens is 234 g/mol. The number of hydrogen-bond acceptors (Lipinski definition) is 2. The van der Waals surface area contributed by atoms with Crippen LogP contribution >= 0.6 is 11.6 Å². The van der Waals surface area contributed by atoms with Gasteiger partial charge in [0, 0.05) is 6.04 Å². The molecule has 0 bridgehead atoms. The predicted octanol–water partition coefficient (Wildman–Crippen LogP) is 3.88. The third-order valence-electron chi connectivity index (χ3n) is 3.57. The Morgan fingerprint density at radius 1 is 1.41 bits per heavy atom. The molecule has 0 radical (unpaired) electrons. The zero-order valence-corrected chi connectivity index (χ0v) is 11.2. The zero-order chi connectivity index (χ0) is 12.6. The van der Waals surface area contributed by atoms with Gasteiger partial charge in [0.1, 0.15) is 5.52 Å². The van der Waals surface area contributed by atoms with Gasteiger partial charge in [-0.1, -0.05) is 37.9 Å². The monoisotopic (exact) mass is 251 g/mol. The molecule has 0 saturated carbocycles. The Morgan fingerprint density at radius 3 is 2.76 bits per heavy atom. The van der Waals surface area contributed by atoms with Crippen molar-refractivity contribution in [1.29, 1.82) is 0 Å². The maximum Gasteiger partial charge on any atom is 0.201 e. The van der Waals surface area contributed by atoms with Gasteiger partial charge in [-0.2, -0.15) is 0 Å². The third kappa shape index (κ3) is 2.00. The van der Waals surface area contributed by atoms with Crippen molar-refractivity contribution in [3.8, 4) is 0 Å². The van der Waals surface area contributed by atoms with Gasteiger partial charge in [0.05, 0.1) is 10.5 Å². The normalized spacial score (nSPS) is 15.1. The lowest BCUT2D eigenvalue weighted by atomic mass is 10.0. The molecule has 2 N–H and O–H groups in total. The molecule has 0 saturated heterocycles. The van der Waals surface area contributed by atoms with E-state index in [1.807, 2.05) is 18.2 Å². The van der Waals surface area contributed by atoms with Gasteiger partial charge >= 0.3 is 0 Å². The van der Waals surface area contributed by atoms with Gasteiger partial charge in [-0.05, 0) is 25.0 Å². The fourth-order valence-corrected chi connectivity index (χ4v) is 2.34. The van der Waals surface area contributed by atoms with Crippen molar-refractivity contribution in [3.05, 3.63) is 23.2 Å². The summed E-state index contributed by atoms with van der Waals surface area (Å²) < 4.78 is 2.08. The van der Waals surface area contributed by atoms with Crippen LogP contribution in [0, 0.1) is 5.92 Å². The van der Waals surface area contributed by atoms with Crippen LogP contribution in [-0.2, 0) is 0 Å². The van der Waals surface area contributed by atoms with Gasteiger partial charge in [-0.3, -0.25) is 0 Å². The molecule has 2 rings (SSSR count). The molecule has 92 valence electrons. The average Bonchev–Trinajstić information content (AvgIpc) is 2.65. The van der Waals surface area contributed by atoms with Gasteiger partial charge in [0.15, 0.2) is 0 Å². The van der Waals surface area contributed by atoms with E-state index in [1.54, 1.807) is 0 Å². The van der Waals surface area contributed by atoms with E-state index in [0.29, 0.717) is 22.9 Å². The summed E-state index contributed by atoms with van der Waals surface area (Å²) in [5.41, 5.74) is 7.82. The van der Waals surface area contributed by atoms with Crippen molar-refractivity contribution >= 4 is 28.6 Å². The van der Waals surface area contributed by atoms with Gasteiger partial charge in [-0.15, -0.1) is 0 Å². The molecule has 0 aliphatic rings. The number of fused-ring (bicyclic) bond motifs is 1. The Morgan fingerprint density at radius 2 is 2.12 bits per heavy atom. The number of hydrogen-bond donors (Lipinski definition) is 1. The molecule has 0 aliphatic carbocycles. The fraction of sp³-hybridized carbons (Fsp3) is 0.462. The number of para-hydroxylation sites is 1. The van der Waals surface area contributed by atoms with Crippen LogP contribution in [-0.4, -0.2) is 9.55 Å². The number of imidazole rings is 1. The molecule has 4 heteroatoms. The van der Waals surface area contributed by atoms with Gasteiger partial charge in [-0.25, -0.2) is 4.98 Å². The van der Waals surface area contributed by atoms with Crippen LogP contribution < -0.4 is 5.73 Å². The molecule has 2 aromatic rings. The highest BCUT2D eigenvalue weighted by Gasteiger charge is 2.19. The summed E-state index contributed by atoms with van der Waals surface area (Å²) in [6, 6.07) is 6.12. The Hall–Kier alpha value is -1.22. The maximum absolute atomic E-state index is 6.13. The molecule has 0 fully saturated rings. The van der Waals surface area contributed by atoms with E-state index in [4.69, 9.17) is 17.3 Å². The Labute approximate surface area is 107 Å². The topological polar surface area (TPSA) is 43.8 Å². The second-order valence-electron chi connectivity index (χ2n) is 4.57. The number of anilines is 1. The highest BCUT2D eigenvalue weighted by molar-refractivity contribution is 6.35. The van der Waals surface area contributed by atoms with Crippen molar-refractivity contribution in [1.82, 2.24) is 9.55 Å². The van der Waals surface area contributed by atoms with Gasteiger partial charge in [0.2, 0.25) is 5.95 Å². The number of nitrogens with two attached hydrogens (primary N) is 1. The smallest absolute Gasteiger partial charge is 0.201 e. The zero-order valence-electron chi connectivity index (χ0n) is 10.4. The SMILES string of the molecule is CCC(C)C(C)n1c(N)nc2c(Cl)cccc21. The second-order valence-corrected chi connectivity index (χ2v) is 4.98. The predicted molar refractivity (Wildman–Crippen MR) is 73.3 cm³/mol. The standard InChI is InChI=1S/C13H18ClN3/c1-4-8(2)9(3)17-11-7-5-6-10(14)12(11)16-13(17)15/h5-9H,4H2,1-3H3,(H2,15,16). The minimum atomic E-state index is 0.323. The molecule has 0 amide bonds. The highest BCUT2D eigenvalue weighted by atomic mass is 35.5. The molecule has 2 unspecified atom stereocenters. The van der Waals surface area contributed by atoms with Crippen LogP contribution in [0.15, 0.2) is 18.2 Å². The van der Waals surface area contributed by atoms with Crippen molar-refractivity contribution in [2.45, 2.75) is 33.2 Å². The number of nitrogens with zero attached hydrogens (tertiary/aromatic N) is 2. The largest absolute Gasteiger partial charge is 0.369 e. The van der Waals surface area contributed by atoms with E-state index in [9.17, 15) is 0 Å². The lowest BCUT2D eigenvalue weighted by Crippen LogP contribution is -2.15. The summed E-state index contributed by atoms with van der Waals surface area (Å²) >= 11 is 6.13. The fourth-order valence-electron chi connectivity index (χ4n) is 2.12. The molecule has 3 nitrogen and oxygen atoms in total. The Kier molecular flexibility index (Phi) is 3.29. The van der Waals surface area contributed by atoms with E-state index in [2.05, 4.69) is 30.3 Å². The van der Waals surface area contributed by atoms with Gasteiger partial charge in [0.25, 0.3) is 0 Å². The first-order chi connectivity index (χ1) is 8.06. The van der Waals surface area contributed by atoms with Gasteiger partial charge < -0.3 is 10.3 Å². The van der Waals surface area contributed by atoms with Crippen molar-refractivity contribution < 1.29 is 0 Å². The van der Waals surface area contributed by atoms with Crippen LogP contribution in [0.25, 0.3) is 11.0 Å². The highest BCUT2D eigenvalue weighted by Crippen LogP contribution is 2.31. The molecule has 1 aromatic carbocycles. The first-order valence-electron chi connectivity index (χ1n) is 5.98. The first-order valence-corrected chi connectivity index (χ1v) is 6.36. The summed E-state index contributed by atoms with van der Waals surface area (Å²) in [7, 11) is 0. The minimum Gasteiger partial charge on any atom is -0.369 e. The lowest BCUT2D eigenvalue weighted by Gasteiger charge is -2.21. The summed E-state index contributed by atoms with van der Waals surface area (Å²) in [6.07, 6.45) is 1.11. The quantitative estimate of drug-likeness (QED) is 0.900. The number of aromatic nitrogens is 2. The average molecular weight is 252 g/mol. The van der Waals surface area contributed by atoms with Crippen molar-refractivity contribution in [2.75, 3.05) is 5.73 Å². The first kappa shape index (κ1) is 12.2. The van der Waals surface area contributed by atoms with Crippen LogP contribution in [0.4, 0.5) is 5.95 Å². The van der Waals surface area contributed by atoms with E-state index in [1.165, 1.54) is 0 Å². The summed E-state index contributed by atoms with van der Waals surface area (Å²) in [5.74, 6) is 1.09. The van der Waals surface area contributed by atoms with Crippen LogP contribution in [0.1, 0.15) is 33.2 Å². The summed E-state index contributed by atoms with van der Waals surface area (Å²) in [6.45, 7) is 6.58. The Balaban J connectivity index is 2.61. The van der Waals surface area contributed by atoms with Crippen LogP contribution in [0.3, 0.4) is 0 Å². The number of halogens is 1. The number of benzene rings is 1. The number of rotatable bonds is 3. The molecule has 17 heavy (non-hydrogen) atoms. The van der Waals surface area contributed by atoms with E-state index in [-0.39, 0.29) is 0 Å². The van der Waals surface area contributed by atoms with Crippen molar-refractivity contribution in [2.24, 2.45) is 5.92 Å². The summed E-state index contributed by atoms with van der Waals surface area (Å²) in [5, 5.41) is 0.657. The van der Waals surface area contributed by atoms with E-state index in [0.717, 1.165) is 17.5 Å². The molecular formula is C13H18ClN3.